The number of hydrogen-bond acceptors (Lipinski definition) is 4. The lowest BCUT2D eigenvalue weighted by Gasteiger charge is -2.18. The molecule has 1 aromatic rings. The van der Waals surface area contributed by atoms with Gasteiger partial charge in [-0.1, -0.05) is 0 Å². The maximum Gasteiger partial charge on any atom is 0.401 e. The predicted octanol–water partition coefficient (Wildman–Crippen LogP) is 1.32. The average Bonchev–Trinajstić information content (AvgIpc) is 3.09. The second-order valence-electron chi connectivity index (χ2n) is 5.88. The van der Waals surface area contributed by atoms with Crippen LogP contribution < -0.4 is 10.6 Å². The van der Waals surface area contributed by atoms with Crippen molar-refractivity contribution in [1.29, 1.82) is 0 Å². The molecule has 2 N–H and O–H groups in total. The summed E-state index contributed by atoms with van der Waals surface area (Å²) in [4.78, 5) is 24.9. The Bertz CT molecular complexity index is 586. The molecule has 2 heterocycles. The summed E-state index contributed by atoms with van der Waals surface area (Å²) in [5.74, 6) is -0.334. The third-order valence-electron chi connectivity index (χ3n) is 3.87. The summed E-state index contributed by atoms with van der Waals surface area (Å²) in [6, 6.07) is 1.51. The van der Waals surface area contributed by atoms with Gasteiger partial charge in [0.15, 0.2) is 0 Å². The third-order valence-corrected chi connectivity index (χ3v) is 3.87. The normalized spacial score (nSPS) is 18.6. The standard InChI is InChI=1S/C15H20F3N3O3/c1-10-12(3-5-24-10)14(23)20-7-13(22)19-6-11-2-4-21(8-11)9-15(16,17)18/h3,5,11H,2,4,6-9H2,1H3,(H,19,22)(H,20,23)/t11-/m0/s1. The number of alkyl halides is 3. The molecule has 1 aliphatic heterocycles. The Kier molecular flexibility index (Phi) is 5.87. The van der Waals surface area contributed by atoms with Gasteiger partial charge in [-0.3, -0.25) is 14.5 Å². The number of rotatable bonds is 6. The average molecular weight is 347 g/mol. The van der Waals surface area contributed by atoms with Crippen molar-refractivity contribution in [3.63, 3.8) is 0 Å². The number of likely N-dealkylation sites (tertiary alicyclic amines) is 1. The summed E-state index contributed by atoms with van der Waals surface area (Å²) in [7, 11) is 0. The zero-order valence-electron chi connectivity index (χ0n) is 13.3. The van der Waals surface area contributed by atoms with E-state index in [0.29, 0.717) is 37.4 Å². The van der Waals surface area contributed by atoms with Crippen molar-refractivity contribution in [1.82, 2.24) is 15.5 Å². The molecule has 0 radical (unpaired) electrons. The molecule has 0 bridgehead atoms. The summed E-state index contributed by atoms with van der Waals surface area (Å²) in [6.45, 7) is 1.51. The molecule has 24 heavy (non-hydrogen) atoms. The molecule has 2 rings (SSSR count). The van der Waals surface area contributed by atoms with E-state index in [1.807, 2.05) is 0 Å². The smallest absolute Gasteiger partial charge is 0.401 e. The summed E-state index contributed by atoms with van der Waals surface area (Å²) in [5.41, 5.74) is 0.362. The fourth-order valence-electron chi connectivity index (χ4n) is 2.67. The molecular weight excluding hydrogens is 327 g/mol. The van der Waals surface area contributed by atoms with Crippen LogP contribution in [0.3, 0.4) is 0 Å². The first-order valence-electron chi connectivity index (χ1n) is 7.62. The number of nitrogens with zero attached hydrogens (tertiary/aromatic N) is 1. The Hall–Kier alpha value is -2.03. The summed E-state index contributed by atoms with van der Waals surface area (Å²) >= 11 is 0. The fraction of sp³-hybridized carbons (Fsp3) is 0.600. The summed E-state index contributed by atoms with van der Waals surface area (Å²) < 4.78 is 41.9. The molecule has 0 unspecified atom stereocenters. The molecule has 0 saturated carbocycles. The van der Waals surface area contributed by atoms with E-state index in [0.717, 1.165) is 0 Å². The highest BCUT2D eigenvalue weighted by atomic mass is 19.4. The van der Waals surface area contributed by atoms with E-state index < -0.39 is 18.6 Å². The van der Waals surface area contributed by atoms with Gasteiger partial charge in [-0.2, -0.15) is 13.2 Å². The molecule has 134 valence electrons. The van der Waals surface area contributed by atoms with Crippen molar-refractivity contribution in [3.8, 4) is 0 Å². The van der Waals surface area contributed by atoms with Gasteiger partial charge in [0.1, 0.15) is 5.76 Å². The molecule has 9 heteroatoms. The number of carbonyl (C=O) groups is 2. The minimum Gasteiger partial charge on any atom is -0.469 e. The van der Waals surface area contributed by atoms with E-state index in [9.17, 15) is 22.8 Å². The number of furan rings is 1. The fourth-order valence-corrected chi connectivity index (χ4v) is 2.67. The molecule has 0 aromatic carbocycles. The highest BCUT2D eigenvalue weighted by molar-refractivity contribution is 5.97. The molecule has 1 saturated heterocycles. The van der Waals surface area contributed by atoms with Crippen LogP contribution in [0.5, 0.6) is 0 Å². The molecule has 0 spiro atoms. The van der Waals surface area contributed by atoms with Gasteiger partial charge in [0.2, 0.25) is 5.91 Å². The van der Waals surface area contributed by atoms with Crippen molar-refractivity contribution in [2.24, 2.45) is 5.92 Å². The second-order valence-corrected chi connectivity index (χ2v) is 5.88. The van der Waals surface area contributed by atoms with E-state index >= 15 is 0 Å². The van der Waals surface area contributed by atoms with Crippen molar-refractivity contribution in [2.45, 2.75) is 19.5 Å². The van der Waals surface area contributed by atoms with Gasteiger partial charge < -0.3 is 15.1 Å². The number of aryl methyl sites for hydroxylation is 1. The number of amides is 2. The number of hydrogen-bond donors (Lipinski definition) is 2. The van der Waals surface area contributed by atoms with Crippen molar-refractivity contribution >= 4 is 11.8 Å². The first kappa shape index (κ1) is 18.3. The van der Waals surface area contributed by atoms with Crippen LogP contribution in [-0.2, 0) is 4.79 Å². The molecule has 6 nitrogen and oxygen atoms in total. The highest BCUT2D eigenvalue weighted by Crippen LogP contribution is 2.22. The Balaban J connectivity index is 1.65. The van der Waals surface area contributed by atoms with Crippen LogP contribution in [0, 0.1) is 12.8 Å². The molecule has 1 fully saturated rings. The predicted molar refractivity (Wildman–Crippen MR) is 79.4 cm³/mol. The quantitative estimate of drug-likeness (QED) is 0.814. The van der Waals surface area contributed by atoms with Gasteiger partial charge in [0.05, 0.1) is 24.9 Å². The minimum absolute atomic E-state index is 0.0110. The van der Waals surface area contributed by atoms with E-state index in [1.165, 1.54) is 17.2 Å². The van der Waals surface area contributed by atoms with E-state index in [1.54, 1.807) is 6.92 Å². The van der Waals surface area contributed by atoms with Crippen molar-refractivity contribution < 1.29 is 27.2 Å². The Morgan fingerprint density at radius 3 is 2.75 bits per heavy atom. The maximum atomic E-state index is 12.3. The second kappa shape index (κ2) is 7.69. The molecule has 2 amide bonds. The van der Waals surface area contributed by atoms with Crippen LogP contribution in [0.2, 0.25) is 0 Å². The highest BCUT2D eigenvalue weighted by Gasteiger charge is 2.34. The van der Waals surface area contributed by atoms with Gasteiger partial charge in [-0.15, -0.1) is 0 Å². The Labute approximate surface area is 137 Å². The number of nitrogens with one attached hydrogen (secondary N) is 2. The Morgan fingerprint density at radius 1 is 1.38 bits per heavy atom. The van der Waals surface area contributed by atoms with Gasteiger partial charge in [0.25, 0.3) is 5.91 Å². The summed E-state index contributed by atoms with van der Waals surface area (Å²) in [5, 5.41) is 5.11. The van der Waals surface area contributed by atoms with Crippen LogP contribution in [-0.4, -0.2) is 55.6 Å². The van der Waals surface area contributed by atoms with Crippen LogP contribution in [0.1, 0.15) is 22.5 Å². The van der Waals surface area contributed by atoms with E-state index in [4.69, 9.17) is 4.42 Å². The van der Waals surface area contributed by atoms with Crippen LogP contribution in [0.15, 0.2) is 16.7 Å². The zero-order chi connectivity index (χ0) is 17.7. The lowest BCUT2D eigenvalue weighted by atomic mass is 10.1. The van der Waals surface area contributed by atoms with Crippen molar-refractivity contribution in [3.05, 3.63) is 23.7 Å². The largest absolute Gasteiger partial charge is 0.469 e. The third kappa shape index (κ3) is 5.55. The molecule has 0 aliphatic carbocycles. The van der Waals surface area contributed by atoms with Crippen LogP contribution in [0.25, 0.3) is 0 Å². The minimum atomic E-state index is -4.20. The van der Waals surface area contributed by atoms with Gasteiger partial charge in [-0.05, 0) is 31.9 Å². The number of carbonyl (C=O) groups excluding carboxylic acids is 2. The lowest BCUT2D eigenvalue weighted by molar-refractivity contribution is -0.143. The van der Waals surface area contributed by atoms with Gasteiger partial charge in [0, 0.05) is 13.1 Å². The van der Waals surface area contributed by atoms with Gasteiger partial charge in [-0.25, -0.2) is 0 Å². The zero-order valence-corrected chi connectivity index (χ0v) is 13.3. The van der Waals surface area contributed by atoms with Crippen molar-refractivity contribution in [2.75, 3.05) is 32.7 Å². The molecule has 1 aliphatic rings. The lowest BCUT2D eigenvalue weighted by Crippen LogP contribution is -2.39. The van der Waals surface area contributed by atoms with E-state index in [2.05, 4.69) is 10.6 Å². The van der Waals surface area contributed by atoms with Crippen LogP contribution >= 0.6 is 0 Å². The van der Waals surface area contributed by atoms with Gasteiger partial charge >= 0.3 is 6.18 Å². The molecular formula is C15H20F3N3O3. The molecule has 1 atom stereocenters. The first-order valence-corrected chi connectivity index (χ1v) is 7.62. The topological polar surface area (TPSA) is 74.6 Å². The SMILES string of the molecule is Cc1occc1C(=O)NCC(=O)NC[C@@H]1CCN(CC(F)(F)F)C1. The maximum absolute atomic E-state index is 12.3. The monoisotopic (exact) mass is 347 g/mol. The van der Waals surface area contributed by atoms with Crippen LogP contribution in [0.4, 0.5) is 13.2 Å². The summed E-state index contributed by atoms with van der Waals surface area (Å²) in [6.07, 6.45) is -2.21. The Morgan fingerprint density at radius 2 is 2.12 bits per heavy atom. The molecule has 1 aromatic heterocycles. The van der Waals surface area contributed by atoms with E-state index in [-0.39, 0.29) is 18.4 Å². The first-order chi connectivity index (χ1) is 11.2. The number of halogens is 3.